The molecule has 0 aromatic heterocycles. The van der Waals surface area contributed by atoms with Crippen LogP contribution in [0.25, 0.3) is 0 Å². The molecule has 0 aliphatic carbocycles. The zero-order chi connectivity index (χ0) is 7.28. The Labute approximate surface area is 51.8 Å². The van der Waals surface area contributed by atoms with Crippen LogP contribution in [0, 0.1) is 11.8 Å². The minimum absolute atomic E-state index is 0.329. The van der Waals surface area contributed by atoms with E-state index in [0.29, 0.717) is 0 Å². The molecule has 0 aromatic rings. The van der Waals surface area contributed by atoms with Gasteiger partial charge in [-0.25, -0.2) is 5.26 Å². The fourth-order valence-electron chi connectivity index (χ4n) is 0.356. The molecule has 0 bridgehead atoms. The molecule has 0 unspecified atom stereocenters. The third-order valence-electron chi connectivity index (χ3n) is 0.632. The van der Waals surface area contributed by atoms with Gasteiger partial charge in [0.05, 0.1) is 0 Å². The average Bonchev–Trinajstić information content (AvgIpc) is 2.20. The van der Waals surface area contributed by atoms with Gasteiger partial charge in [0.2, 0.25) is 0 Å². The molecule has 1 aliphatic heterocycles. The molecule has 0 saturated carbocycles. The summed E-state index contributed by atoms with van der Waals surface area (Å²) in [6, 6.07) is 0. The van der Waals surface area contributed by atoms with E-state index in [1.807, 2.05) is 5.32 Å². The number of imide groups is 1. The fourth-order valence-corrected chi connectivity index (χ4v) is 0.356. The number of nitriles is 1. The topological polar surface area (TPSA) is 70.0 Å². The zero-order valence-corrected chi connectivity index (χ0v) is 4.50. The standard InChI is InChI=1S/C4H3NO2.CHN/c6-3-1-2-4(7)5-3;1-2/h1-2H,(H,5,6,7);1H. The van der Waals surface area contributed by atoms with E-state index in [4.69, 9.17) is 5.26 Å². The predicted molar refractivity (Wildman–Crippen MR) is 29.0 cm³/mol. The number of rotatable bonds is 0. The lowest BCUT2D eigenvalue weighted by molar-refractivity contribution is -0.123. The second kappa shape index (κ2) is 3.38. The average molecular weight is 124 g/mol. The lowest BCUT2D eigenvalue weighted by Gasteiger charge is -1.80. The van der Waals surface area contributed by atoms with Crippen LogP contribution < -0.4 is 5.32 Å². The summed E-state index contributed by atoms with van der Waals surface area (Å²) < 4.78 is 0. The van der Waals surface area contributed by atoms with Crippen molar-refractivity contribution in [2.45, 2.75) is 0 Å². The Hall–Kier alpha value is -1.63. The molecule has 0 spiro atoms. The van der Waals surface area contributed by atoms with Crippen molar-refractivity contribution in [3.63, 3.8) is 0 Å². The highest BCUT2D eigenvalue weighted by Crippen LogP contribution is 1.82. The Morgan fingerprint density at radius 1 is 1.22 bits per heavy atom. The summed E-state index contributed by atoms with van der Waals surface area (Å²) in [5.74, 6) is -0.657. The monoisotopic (exact) mass is 124 g/mol. The number of carbonyl (C=O) groups excluding carboxylic acids is 2. The summed E-state index contributed by atoms with van der Waals surface area (Å²) in [6.45, 7) is 3.50. The van der Waals surface area contributed by atoms with E-state index in [1.165, 1.54) is 12.2 Å². The molecular formula is C5H4N2O2. The molecule has 0 saturated heterocycles. The lowest BCUT2D eigenvalue weighted by Crippen LogP contribution is -2.19. The Morgan fingerprint density at radius 2 is 1.56 bits per heavy atom. The van der Waals surface area contributed by atoms with Crippen LogP contribution >= 0.6 is 0 Å². The van der Waals surface area contributed by atoms with Crippen LogP contribution in [0.1, 0.15) is 0 Å². The van der Waals surface area contributed by atoms with Crippen LogP contribution in [0.5, 0.6) is 0 Å². The maximum atomic E-state index is 10.0. The smallest absolute Gasteiger partial charge is 0.250 e. The first-order valence-electron chi connectivity index (χ1n) is 2.08. The first kappa shape index (κ1) is 7.37. The first-order valence-corrected chi connectivity index (χ1v) is 2.08. The van der Waals surface area contributed by atoms with Crippen molar-refractivity contribution in [2.24, 2.45) is 0 Å². The van der Waals surface area contributed by atoms with E-state index in [2.05, 4.69) is 6.57 Å². The summed E-state index contributed by atoms with van der Waals surface area (Å²) in [4.78, 5) is 20.1. The van der Waals surface area contributed by atoms with E-state index in [0.717, 1.165) is 0 Å². The molecule has 1 rings (SSSR count). The van der Waals surface area contributed by atoms with E-state index in [9.17, 15) is 9.59 Å². The summed E-state index contributed by atoms with van der Waals surface area (Å²) in [6.07, 6.45) is 2.39. The Bertz CT molecular complexity index is 165. The number of carbonyl (C=O) groups is 2. The molecule has 0 radical (unpaired) electrons. The second-order valence-electron chi connectivity index (χ2n) is 1.19. The molecule has 4 heteroatoms. The van der Waals surface area contributed by atoms with Gasteiger partial charge in [-0.2, -0.15) is 0 Å². The lowest BCUT2D eigenvalue weighted by atomic mass is 10.6. The van der Waals surface area contributed by atoms with Gasteiger partial charge in [-0.15, -0.1) is 0 Å². The zero-order valence-electron chi connectivity index (χ0n) is 4.50. The predicted octanol–water partition coefficient (Wildman–Crippen LogP) is -0.661. The van der Waals surface area contributed by atoms with Crippen molar-refractivity contribution < 1.29 is 9.59 Å². The van der Waals surface area contributed by atoms with Crippen molar-refractivity contribution in [3.8, 4) is 6.57 Å². The number of nitrogens with zero attached hydrogens (tertiary/aromatic N) is 1. The quantitative estimate of drug-likeness (QED) is 0.436. The molecule has 9 heavy (non-hydrogen) atoms. The Kier molecular flexibility index (Phi) is 2.77. The normalized spacial score (nSPS) is 14.0. The van der Waals surface area contributed by atoms with Crippen LogP contribution in [-0.4, -0.2) is 11.8 Å². The van der Waals surface area contributed by atoms with Crippen LogP contribution in [0.3, 0.4) is 0 Å². The van der Waals surface area contributed by atoms with E-state index < -0.39 is 0 Å². The van der Waals surface area contributed by atoms with Crippen molar-refractivity contribution in [1.82, 2.24) is 5.32 Å². The second-order valence-corrected chi connectivity index (χ2v) is 1.19. The largest absolute Gasteiger partial charge is 0.289 e. The molecule has 0 fully saturated rings. The van der Waals surface area contributed by atoms with Crippen molar-refractivity contribution in [3.05, 3.63) is 12.2 Å². The number of nitrogens with one attached hydrogen (secondary N) is 1. The Morgan fingerprint density at radius 3 is 1.67 bits per heavy atom. The highest BCUT2D eigenvalue weighted by atomic mass is 16.2. The number of amides is 2. The molecule has 1 aliphatic rings. The summed E-state index contributed by atoms with van der Waals surface area (Å²) in [7, 11) is 0. The summed E-state index contributed by atoms with van der Waals surface area (Å²) in [5.41, 5.74) is 0. The van der Waals surface area contributed by atoms with Gasteiger partial charge in [0, 0.05) is 18.7 Å². The van der Waals surface area contributed by atoms with E-state index in [1.54, 1.807) is 0 Å². The molecule has 46 valence electrons. The van der Waals surface area contributed by atoms with Gasteiger partial charge in [-0.1, -0.05) is 0 Å². The summed E-state index contributed by atoms with van der Waals surface area (Å²) >= 11 is 0. The summed E-state index contributed by atoms with van der Waals surface area (Å²) in [5, 5.41) is 8.53. The highest BCUT2D eigenvalue weighted by Gasteiger charge is 2.06. The number of hydrogen-bond donors (Lipinski definition) is 1. The minimum atomic E-state index is -0.329. The van der Waals surface area contributed by atoms with Crippen LogP contribution in [0.2, 0.25) is 0 Å². The Balaban J connectivity index is 0.000000291. The molecule has 1 N–H and O–H groups in total. The number of hydrogen-bond acceptors (Lipinski definition) is 3. The van der Waals surface area contributed by atoms with Crippen molar-refractivity contribution in [1.29, 1.82) is 5.26 Å². The molecule has 1 heterocycles. The van der Waals surface area contributed by atoms with Gasteiger partial charge in [-0.05, 0) is 0 Å². The van der Waals surface area contributed by atoms with E-state index in [-0.39, 0.29) is 11.8 Å². The molecule has 0 atom stereocenters. The molecule has 4 nitrogen and oxygen atoms in total. The van der Waals surface area contributed by atoms with Gasteiger partial charge in [0.1, 0.15) is 0 Å². The van der Waals surface area contributed by atoms with Crippen LogP contribution in [0.4, 0.5) is 0 Å². The minimum Gasteiger partial charge on any atom is -0.289 e. The van der Waals surface area contributed by atoms with E-state index >= 15 is 0 Å². The maximum Gasteiger partial charge on any atom is 0.250 e. The third-order valence-corrected chi connectivity index (χ3v) is 0.632. The third kappa shape index (κ3) is 2.24. The van der Waals surface area contributed by atoms with Gasteiger partial charge >= 0.3 is 0 Å². The molecule has 2 amide bonds. The van der Waals surface area contributed by atoms with Crippen molar-refractivity contribution >= 4 is 11.8 Å². The van der Waals surface area contributed by atoms with Gasteiger partial charge in [-0.3, -0.25) is 14.9 Å². The maximum absolute atomic E-state index is 10.0. The fraction of sp³-hybridized carbons (Fsp3) is 0. The van der Waals surface area contributed by atoms with Crippen LogP contribution in [0.15, 0.2) is 12.2 Å². The first-order chi connectivity index (χ1) is 4.29. The molecule has 0 aromatic carbocycles. The van der Waals surface area contributed by atoms with Gasteiger partial charge in [0.15, 0.2) is 0 Å². The van der Waals surface area contributed by atoms with Gasteiger partial charge < -0.3 is 0 Å². The van der Waals surface area contributed by atoms with Gasteiger partial charge in [0.25, 0.3) is 11.8 Å². The molecular weight excluding hydrogens is 120 g/mol. The van der Waals surface area contributed by atoms with Crippen molar-refractivity contribution in [2.75, 3.05) is 0 Å². The SMILES string of the molecule is C#N.O=C1C=CC(=O)N1. The van der Waals surface area contributed by atoms with Crippen LogP contribution in [-0.2, 0) is 9.59 Å². The highest BCUT2D eigenvalue weighted by molar-refractivity contribution is 6.12.